The molecule has 1 fully saturated rings. The van der Waals surface area contributed by atoms with Gasteiger partial charge < -0.3 is 24.6 Å². The first-order valence-electron chi connectivity index (χ1n) is 11.1. The highest BCUT2D eigenvalue weighted by Gasteiger charge is 2.22. The number of carbonyl (C=O) groups is 1. The van der Waals surface area contributed by atoms with Gasteiger partial charge >= 0.3 is 0 Å². The summed E-state index contributed by atoms with van der Waals surface area (Å²) in [7, 11) is 4.79. The summed E-state index contributed by atoms with van der Waals surface area (Å²) < 4.78 is 15.8. The second-order valence-electron chi connectivity index (χ2n) is 8.20. The fraction of sp³-hybridized carbons (Fsp3) is 0.480. The molecule has 0 radical (unpaired) electrons. The van der Waals surface area contributed by atoms with Crippen LogP contribution in [0.3, 0.4) is 0 Å². The number of hydrogen-bond acceptors (Lipinski definition) is 6. The van der Waals surface area contributed by atoms with Gasteiger partial charge in [-0.1, -0.05) is 12.1 Å². The summed E-state index contributed by atoms with van der Waals surface area (Å²) in [5.41, 5.74) is 1.79. The van der Waals surface area contributed by atoms with Crippen LogP contribution in [0.5, 0.6) is 23.0 Å². The van der Waals surface area contributed by atoms with Crippen LogP contribution in [0.4, 0.5) is 0 Å². The molecule has 1 saturated heterocycles. The molecule has 0 spiro atoms. The molecule has 0 unspecified atom stereocenters. The Kier molecular flexibility index (Phi) is 8.62. The summed E-state index contributed by atoms with van der Waals surface area (Å²) in [4.78, 5) is 14.8. The zero-order chi connectivity index (χ0) is 22.9. The van der Waals surface area contributed by atoms with Crippen LogP contribution in [-0.4, -0.2) is 50.3 Å². The second kappa shape index (κ2) is 11.6. The molecule has 1 aliphatic rings. The maximum atomic E-state index is 12.4. The van der Waals surface area contributed by atoms with E-state index in [2.05, 4.69) is 10.2 Å². The van der Waals surface area contributed by atoms with Gasteiger partial charge in [0.2, 0.25) is 5.91 Å². The number of hydrogen-bond donors (Lipinski definition) is 2. The van der Waals surface area contributed by atoms with Crippen LogP contribution >= 0.6 is 0 Å². The summed E-state index contributed by atoms with van der Waals surface area (Å²) in [5.74, 6) is 2.66. The Morgan fingerprint density at radius 3 is 2.66 bits per heavy atom. The molecule has 2 aromatic carbocycles. The highest BCUT2D eigenvalue weighted by atomic mass is 16.5. The number of rotatable bonds is 10. The maximum Gasteiger partial charge on any atom is 0.220 e. The van der Waals surface area contributed by atoms with E-state index in [9.17, 15) is 9.90 Å². The monoisotopic (exact) mass is 442 g/mol. The van der Waals surface area contributed by atoms with Gasteiger partial charge in [0.1, 0.15) is 11.5 Å². The molecule has 1 amide bonds. The first-order chi connectivity index (χ1) is 15.5. The molecule has 2 N–H and O–H groups in total. The molecule has 0 aliphatic carbocycles. The first-order valence-corrected chi connectivity index (χ1v) is 11.1. The molecule has 0 aromatic heterocycles. The van der Waals surface area contributed by atoms with Crippen molar-refractivity contribution in [1.29, 1.82) is 0 Å². The van der Waals surface area contributed by atoms with Crippen molar-refractivity contribution in [1.82, 2.24) is 10.2 Å². The maximum absolute atomic E-state index is 12.4. The third-order valence-electron chi connectivity index (χ3n) is 6.05. The molecule has 1 atom stereocenters. The quantitative estimate of drug-likeness (QED) is 0.584. The highest BCUT2D eigenvalue weighted by Crippen LogP contribution is 2.31. The molecular formula is C25H34N2O5. The number of phenols is 1. The Bertz CT molecular complexity index is 902. The molecule has 2 aromatic rings. The van der Waals surface area contributed by atoms with Crippen LogP contribution in [-0.2, 0) is 17.9 Å². The molecule has 3 rings (SSSR count). The lowest BCUT2D eigenvalue weighted by molar-refractivity contribution is -0.121. The zero-order valence-corrected chi connectivity index (χ0v) is 19.2. The van der Waals surface area contributed by atoms with Gasteiger partial charge in [-0.3, -0.25) is 9.69 Å². The van der Waals surface area contributed by atoms with Crippen molar-refractivity contribution < 1.29 is 24.1 Å². The Hall–Kier alpha value is -2.93. The number of ether oxygens (including phenoxy) is 3. The molecule has 7 heteroatoms. The number of piperidine rings is 1. The Morgan fingerprint density at radius 1 is 1.09 bits per heavy atom. The van der Waals surface area contributed by atoms with E-state index in [1.807, 2.05) is 30.3 Å². The molecule has 1 heterocycles. The van der Waals surface area contributed by atoms with Crippen molar-refractivity contribution in [2.45, 2.75) is 38.8 Å². The topological polar surface area (TPSA) is 80.3 Å². The number of phenolic OH excluding ortho intramolecular Hbond substituents is 1. The van der Waals surface area contributed by atoms with Crippen LogP contribution in [0.25, 0.3) is 0 Å². The summed E-state index contributed by atoms with van der Waals surface area (Å²) >= 11 is 0. The highest BCUT2D eigenvalue weighted by molar-refractivity contribution is 5.75. The standard InChI is InChI=1S/C25H34N2O5/c1-30-21-11-10-19(23(14-21)32-3)15-26-24(28)12-9-18-6-5-13-27(16-18)17-20-7-4-8-22(31-2)25(20)29/h4,7-8,10-11,14,18,29H,5-6,9,12-13,15-17H2,1-3H3,(H,26,28)/t18-/m0/s1. The van der Waals surface area contributed by atoms with Crippen LogP contribution in [0.1, 0.15) is 36.8 Å². The molecule has 0 bridgehead atoms. The molecule has 32 heavy (non-hydrogen) atoms. The number of aromatic hydroxyl groups is 1. The summed E-state index contributed by atoms with van der Waals surface area (Å²) in [6, 6.07) is 11.2. The molecular weight excluding hydrogens is 408 g/mol. The van der Waals surface area contributed by atoms with Crippen molar-refractivity contribution in [3.63, 3.8) is 0 Å². The lowest BCUT2D eigenvalue weighted by Gasteiger charge is -2.33. The lowest BCUT2D eigenvalue weighted by atomic mass is 9.93. The van der Waals surface area contributed by atoms with Crippen LogP contribution in [0.15, 0.2) is 36.4 Å². The van der Waals surface area contributed by atoms with Crippen molar-refractivity contribution in [3.05, 3.63) is 47.5 Å². The average Bonchev–Trinajstić information content (AvgIpc) is 2.82. The largest absolute Gasteiger partial charge is 0.504 e. The van der Waals surface area contributed by atoms with E-state index in [1.165, 1.54) is 0 Å². The van der Waals surface area contributed by atoms with Crippen molar-refractivity contribution in [3.8, 4) is 23.0 Å². The second-order valence-corrected chi connectivity index (χ2v) is 8.20. The predicted octanol–water partition coefficient (Wildman–Crippen LogP) is 3.73. The fourth-order valence-electron chi connectivity index (χ4n) is 4.25. The molecule has 1 aliphatic heterocycles. The van der Waals surface area contributed by atoms with Gasteiger partial charge in [0.25, 0.3) is 0 Å². The first kappa shape index (κ1) is 23.7. The van der Waals surface area contributed by atoms with Crippen molar-refractivity contribution >= 4 is 5.91 Å². The number of likely N-dealkylation sites (tertiary alicyclic amines) is 1. The number of carbonyl (C=O) groups excluding carboxylic acids is 1. The minimum absolute atomic E-state index is 0.0467. The van der Waals surface area contributed by atoms with Crippen molar-refractivity contribution in [2.75, 3.05) is 34.4 Å². The van der Waals surface area contributed by atoms with E-state index in [-0.39, 0.29) is 11.7 Å². The van der Waals surface area contributed by atoms with E-state index in [0.29, 0.717) is 36.9 Å². The van der Waals surface area contributed by atoms with Gasteiger partial charge in [0.15, 0.2) is 11.5 Å². The van der Waals surface area contributed by atoms with Gasteiger partial charge in [-0.15, -0.1) is 0 Å². The van der Waals surface area contributed by atoms with E-state index in [0.717, 1.165) is 49.2 Å². The Labute approximate surface area is 190 Å². The number of amides is 1. The van der Waals surface area contributed by atoms with Crippen LogP contribution in [0, 0.1) is 5.92 Å². The van der Waals surface area contributed by atoms with Gasteiger partial charge in [0, 0.05) is 43.2 Å². The van der Waals surface area contributed by atoms with Gasteiger partial charge in [-0.2, -0.15) is 0 Å². The van der Waals surface area contributed by atoms with Gasteiger partial charge in [-0.25, -0.2) is 0 Å². The fourth-order valence-corrected chi connectivity index (χ4v) is 4.25. The zero-order valence-electron chi connectivity index (χ0n) is 19.2. The molecule has 7 nitrogen and oxygen atoms in total. The van der Waals surface area contributed by atoms with Crippen LogP contribution in [0.2, 0.25) is 0 Å². The lowest BCUT2D eigenvalue weighted by Crippen LogP contribution is -2.35. The summed E-state index contributed by atoms with van der Waals surface area (Å²) in [6.45, 7) is 3.04. The SMILES string of the molecule is COc1ccc(CNC(=O)CC[C@@H]2CCCN(Cc3cccc(OC)c3O)C2)c(OC)c1. The average molecular weight is 443 g/mol. The third kappa shape index (κ3) is 6.29. The normalized spacial score (nSPS) is 16.4. The van der Waals surface area contributed by atoms with Gasteiger partial charge in [0.05, 0.1) is 21.3 Å². The minimum atomic E-state index is 0.0467. The van der Waals surface area contributed by atoms with Crippen LogP contribution < -0.4 is 19.5 Å². The molecule has 174 valence electrons. The minimum Gasteiger partial charge on any atom is -0.504 e. The van der Waals surface area contributed by atoms with E-state index in [1.54, 1.807) is 27.4 Å². The van der Waals surface area contributed by atoms with E-state index >= 15 is 0 Å². The van der Waals surface area contributed by atoms with E-state index in [4.69, 9.17) is 14.2 Å². The molecule has 0 saturated carbocycles. The number of nitrogens with one attached hydrogen (secondary N) is 1. The smallest absolute Gasteiger partial charge is 0.220 e. The van der Waals surface area contributed by atoms with Gasteiger partial charge in [-0.05, 0) is 49.9 Å². The number of para-hydroxylation sites is 1. The third-order valence-corrected chi connectivity index (χ3v) is 6.05. The summed E-state index contributed by atoms with van der Waals surface area (Å²) in [6.07, 6.45) is 3.58. The summed E-state index contributed by atoms with van der Waals surface area (Å²) in [5, 5.41) is 13.4. The number of benzene rings is 2. The predicted molar refractivity (Wildman–Crippen MR) is 123 cm³/mol. The van der Waals surface area contributed by atoms with Crippen molar-refractivity contribution in [2.24, 2.45) is 5.92 Å². The van der Waals surface area contributed by atoms with E-state index < -0.39 is 0 Å². The Balaban J connectivity index is 1.46. The number of nitrogens with zero attached hydrogens (tertiary/aromatic N) is 1. The number of methoxy groups -OCH3 is 3. The Morgan fingerprint density at radius 2 is 1.91 bits per heavy atom.